The van der Waals surface area contributed by atoms with Gasteiger partial charge in [0.25, 0.3) is 0 Å². The average Bonchev–Trinajstić information content (AvgIpc) is 2.17. The summed E-state index contributed by atoms with van der Waals surface area (Å²) < 4.78 is 2.09. The lowest BCUT2D eigenvalue weighted by atomic mass is 10.0. The third kappa shape index (κ3) is 9.98. The number of halogens is 1. The van der Waals surface area contributed by atoms with Crippen molar-refractivity contribution in [3.05, 3.63) is 46.6 Å². The van der Waals surface area contributed by atoms with Gasteiger partial charge in [-0.25, -0.2) is 0 Å². The molecule has 1 atom stereocenters. The van der Waals surface area contributed by atoms with Crippen LogP contribution >= 0.6 is 22.6 Å². The fourth-order valence-corrected chi connectivity index (χ4v) is 2.02. The van der Waals surface area contributed by atoms with E-state index < -0.39 is 0 Å². The van der Waals surface area contributed by atoms with Crippen molar-refractivity contribution in [3.63, 3.8) is 0 Å². The lowest BCUT2D eigenvalue weighted by Crippen LogP contribution is -1.89. The van der Waals surface area contributed by atoms with E-state index in [1.807, 2.05) is 6.08 Å². The van der Waals surface area contributed by atoms with Crippen LogP contribution in [0.2, 0.25) is 0 Å². The highest BCUT2D eigenvalue weighted by Crippen LogP contribution is 2.13. The Kier molecular flexibility index (Phi) is 10.0. The van der Waals surface area contributed by atoms with Crippen LogP contribution in [0.25, 0.3) is 0 Å². The molecule has 0 aromatic carbocycles. The summed E-state index contributed by atoms with van der Waals surface area (Å²) in [6.45, 7) is 8.13. The Balaban J connectivity index is 3.87. The van der Waals surface area contributed by atoms with Crippen LogP contribution in [0.15, 0.2) is 46.6 Å². The van der Waals surface area contributed by atoms with Gasteiger partial charge < -0.3 is 0 Å². The number of unbranched alkanes of at least 4 members (excludes halogenated alkanes) is 1. The number of rotatable bonds is 7. The van der Waals surface area contributed by atoms with E-state index >= 15 is 0 Å². The highest BCUT2D eigenvalue weighted by atomic mass is 127. The van der Waals surface area contributed by atoms with Crippen LogP contribution in [0.5, 0.6) is 0 Å². The van der Waals surface area contributed by atoms with Crippen molar-refractivity contribution in [3.8, 4) is 0 Å². The van der Waals surface area contributed by atoms with Gasteiger partial charge in [-0.15, -0.1) is 6.58 Å². The third-order valence-corrected chi connectivity index (χ3v) is 2.51. The molecule has 84 valence electrons. The Morgan fingerprint density at radius 3 is 2.73 bits per heavy atom. The molecule has 15 heavy (non-hydrogen) atoms. The van der Waals surface area contributed by atoms with Crippen LogP contribution < -0.4 is 0 Å². The van der Waals surface area contributed by atoms with Crippen LogP contribution in [-0.4, -0.2) is 0 Å². The molecule has 0 fully saturated rings. The lowest BCUT2D eigenvalue weighted by molar-refractivity contribution is 0.718. The third-order valence-electron chi connectivity index (χ3n) is 2.10. The van der Waals surface area contributed by atoms with Gasteiger partial charge in [0.2, 0.25) is 0 Å². The Bertz CT molecular complexity index is 246. The van der Waals surface area contributed by atoms with Gasteiger partial charge in [0, 0.05) is 0 Å². The zero-order valence-corrected chi connectivity index (χ0v) is 11.9. The molecule has 0 aliphatic carbocycles. The van der Waals surface area contributed by atoms with Gasteiger partial charge in [-0.1, -0.05) is 65.5 Å². The SMILES string of the molecule is C=CCC/C=C/C=C(\C)C[C@@H](C)/C=C/I. The average molecular weight is 316 g/mol. The summed E-state index contributed by atoms with van der Waals surface area (Å²) in [5, 5.41) is 0. The van der Waals surface area contributed by atoms with E-state index in [0.29, 0.717) is 5.92 Å². The highest BCUT2D eigenvalue weighted by Gasteiger charge is 1.96. The molecule has 0 N–H and O–H groups in total. The Labute approximate surface area is 108 Å². The van der Waals surface area contributed by atoms with E-state index in [1.165, 1.54) is 5.57 Å². The van der Waals surface area contributed by atoms with Crippen molar-refractivity contribution in [1.29, 1.82) is 0 Å². The predicted octanol–water partition coefficient (Wildman–Crippen LogP) is 5.43. The maximum absolute atomic E-state index is 3.70. The fourth-order valence-electron chi connectivity index (χ4n) is 1.31. The molecule has 0 radical (unpaired) electrons. The molecule has 0 aromatic heterocycles. The molecule has 0 unspecified atom stereocenters. The first-order chi connectivity index (χ1) is 7.20. The first kappa shape index (κ1) is 14.7. The number of allylic oxidation sites excluding steroid dienone is 6. The zero-order valence-electron chi connectivity index (χ0n) is 9.75. The van der Waals surface area contributed by atoms with E-state index in [-0.39, 0.29) is 0 Å². The summed E-state index contributed by atoms with van der Waals surface area (Å²) in [6.07, 6.45) is 14.1. The minimum atomic E-state index is 0.639. The Morgan fingerprint density at radius 2 is 2.13 bits per heavy atom. The molecule has 0 aromatic rings. The molecule has 0 amide bonds. The standard InChI is InChI=1S/C14H21I/c1-4-5-6-7-8-9-13(2)12-14(3)10-11-15/h4,7-11,14H,1,5-6,12H2,2-3H3/b8-7+,11-10+,13-9+/t14-/m0/s1. The Morgan fingerprint density at radius 1 is 1.40 bits per heavy atom. The minimum Gasteiger partial charge on any atom is -0.103 e. The predicted molar refractivity (Wildman–Crippen MR) is 79.3 cm³/mol. The first-order valence-corrected chi connectivity index (χ1v) is 6.65. The second-order valence-corrected chi connectivity index (χ2v) is 4.53. The van der Waals surface area contributed by atoms with Gasteiger partial charge in [0.05, 0.1) is 0 Å². The molecule has 0 bridgehead atoms. The van der Waals surface area contributed by atoms with Crippen LogP contribution in [0.1, 0.15) is 33.1 Å². The lowest BCUT2D eigenvalue weighted by Gasteiger charge is -2.04. The second-order valence-electron chi connectivity index (χ2n) is 3.81. The maximum atomic E-state index is 3.70. The summed E-state index contributed by atoms with van der Waals surface area (Å²) >= 11 is 2.27. The van der Waals surface area contributed by atoms with Crippen molar-refractivity contribution < 1.29 is 0 Å². The van der Waals surface area contributed by atoms with Gasteiger partial charge in [-0.2, -0.15) is 0 Å². The van der Waals surface area contributed by atoms with Gasteiger partial charge in [0.1, 0.15) is 0 Å². The van der Waals surface area contributed by atoms with E-state index in [9.17, 15) is 0 Å². The smallest absolute Gasteiger partial charge is 0.0217 e. The van der Waals surface area contributed by atoms with E-state index in [0.717, 1.165) is 19.3 Å². The molecular weight excluding hydrogens is 295 g/mol. The topological polar surface area (TPSA) is 0 Å². The molecule has 0 spiro atoms. The van der Waals surface area contributed by atoms with Crippen molar-refractivity contribution in [2.75, 3.05) is 0 Å². The van der Waals surface area contributed by atoms with Crippen molar-refractivity contribution in [2.45, 2.75) is 33.1 Å². The van der Waals surface area contributed by atoms with E-state index in [1.54, 1.807) is 0 Å². The van der Waals surface area contributed by atoms with Gasteiger partial charge in [-0.05, 0) is 36.2 Å². The van der Waals surface area contributed by atoms with Crippen LogP contribution in [-0.2, 0) is 0 Å². The molecule has 0 nitrogen and oxygen atoms in total. The van der Waals surface area contributed by atoms with Crippen LogP contribution in [0, 0.1) is 5.92 Å². The largest absolute Gasteiger partial charge is 0.103 e. The quantitative estimate of drug-likeness (QED) is 0.254. The van der Waals surface area contributed by atoms with Gasteiger partial charge in [-0.3, -0.25) is 0 Å². The Hall–Kier alpha value is -0.310. The molecular formula is C14H21I. The van der Waals surface area contributed by atoms with Crippen molar-refractivity contribution in [2.24, 2.45) is 5.92 Å². The van der Waals surface area contributed by atoms with E-state index in [2.05, 4.69) is 71.4 Å². The summed E-state index contributed by atoms with van der Waals surface area (Å²) in [6, 6.07) is 0. The number of hydrogen-bond donors (Lipinski definition) is 0. The molecule has 0 rings (SSSR count). The summed E-state index contributed by atoms with van der Waals surface area (Å²) in [4.78, 5) is 0. The maximum Gasteiger partial charge on any atom is -0.0217 e. The van der Waals surface area contributed by atoms with Crippen molar-refractivity contribution >= 4 is 22.6 Å². The molecule has 0 aliphatic rings. The molecule has 0 saturated carbocycles. The first-order valence-electron chi connectivity index (χ1n) is 5.40. The second kappa shape index (κ2) is 10.2. The normalized spacial score (nSPS) is 15.0. The summed E-state index contributed by atoms with van der Waals surface area (Å²) in [7, 11) is 0. The minimum absolute atomic E-state index is 0.639. The van der Waals surface area contributed by atoms with Crippen LogP contribution in [0.3, 0.4) is 0 Å². The molecule has 0 saturated heterocycles. The zero-order chi connectivity index (χ0) is 11.5. The highest BCUT2D eigenvalue weighted by molar-refractivity contribution is 14.1. The van der Waals surface area contributed by atoms with Crippen molar-refractivity contribution in [1.82, 2.24) is 0 Å². The van der Waals surface area contributed by atoms with E-state index in [4.69, 9.17) is 0 Å². The van der Waals surface area contributed by atoms with Crippen LogP contribution in [0.4, 0.5) is 0 Å². The summed E-state index contributed by atoms with van der Waals surface area (Å²) in [5.74, 6) is 0.639. The molecule has 0 aliphatic heterocycles. The monoisotopic (exact) mass is 316 g/mol. The fraction of sp³-hybridized carbons (Fsp3) is 0.429. The van der Waals surface area contributed by atoms with Gasteiger partial charge >= 0.3 is 0 Å². The molecule has 0 heterocycles. The summed E-state index contributed by atoms with van der Waals surface area (Å²) in [5.41, 5.74) is 1.44. The molecule has 1 heteroatoms. The van der Waals surface area contributed by atoms with Gasteiger partial charge in [0.15, 0.2) is 0 Å². The number of hydrogen-bond acceptors (Lipinski definition) is 0.